The molecule has 236 valence electrons. The molecule has 6 heteroatoms. The highest BCUT2D eigenvalue weighted by atomic mass is 32.2. The molecule has 10 rings (SSSR count). The van der Waals surface area contributed by atoms with Gasteiger partial charge in [-0.1, -0.05) is 103 Å². The van der Waals surface area contributed by atoms with Crippen molar-refractivity contribution in [2.24, 2.45) is 0 Å². The van der Waals surface area contributed by atoms with Gasteiger partial charge in [-0.25, -0.2) is 9.97 Å². The van der Waals surface area contributed by atoms with Crippen LogP contribution in [-0.2, 0) is 0 Å². The molecule has 0 unspecified atom stereocenters. The number of oxazole rings is 2. The SMILES string of the molecule is c1ccc(-c2ccc(-c3ccc(N4c5ccc(-c6nc7ccccc7o6)cc5Sc5cc(-c6nc7ccccc7o6)ccc54)cc3)cc2)cc1. The molecule has 1 aliphatic rings. The van der Waals surface area contributed by atoms with E-state index in [-0.39, 0.29) is 0 Å². The third-order valence-electron chi connectivity index (χ3n) is 9.15. The van der Waals surface area contributed by atoms with Crippen LogP contribution in [0.25, 0.3) is 67.4 Å². The Balaban J connectivity index is 1.05. The Hall–Kier alpha value is -6.37. The van der Waals surface area contributed by atoms with Crippen molar-refractivity contribution in [3.05, 3.63) is 164 Å². The van der Waals surface area contributed by atoms with Crippen molar-refractivity contribution in [2.45, 2.75) is 9.79 Å². The minimum Gasteiger partial charge on any atom is -0.436 e. The van der Waals surface area contributed by atoms with Crippen molar-refractivity contribution in [1.29, 1.82) is 0 Å². The van der Waals surface area contributed by atoms with Gasteiger partial charge in [-0.15, -0.1) is 0 Å². The standard InChI is InChI=1S/C44H27N3O2S/c1-2-8-28(9-3-1)29-14-16-30(17-15-29)31-18-22-34(23-19-31)47-37-24-20-32(43-45-35-10-4-6-12-39(35)48-43)26-41(37)50-42-27-33(21-25-38(42)47)44-46-36-11-5-7-13-40(36)49-44/h1-27H. The molecule has 0 saturated heterocycles. The molecule has 2 aromatic heterocycles. The molecule has 0 saturated carbocycles. The van der Waals surface area contributed by atoms with Crippen LogP contribution in [0.5, 0.6) is 0 Å². The average Bonchev–Trinajstić information content (AvgIpc) is 3.82. The molecule has 0 spiro atoms. The van der Waals surface area contributed by atoms with Gasteiger partial charge in [0, 0.05) is 26.6 Å². The maximum absolute atomic E-state index is 6.16. The maximum Gasteiger partial charge on any atom is 0.227 e. The van der Waals surface area contributed by atoms with E-state index in [0.717, 1.165) is 65.7 Å². The molecule has 0 atom stereocenters. The number of para-hydroxylation sites is 4. The van der Waals surface area contributed by atoms with Gasteiger partial charge >= 0.3 is 0 Å². The van der Waals surface area contributed by atoms with Crippen molar-refractivity contribution in [3.8, 4) is 45.2 Å². The molecular formula is C44H27N3O2S. The number of fused-ring (bicyclic) bond motifs is 4. The molecule has 9 aromatic rings. The van der Waals surface area contributed by atoms with Crippen LogP contribution >= 0.6 is 11.8 Å². The lowest BCUT2D eigenvalue weighted by molar-refractivity contribution is 0.619. The van der Waals surface area contributed by atoms with Gasteiger partial charge < -0.3 is 13.7 Å². The fourth-order valence-corrected chi connectivity index (χ4v) is 7.77. The van der Waals surface area contributed by atoms with Crippen molar-refractivity contribution < 1.29 is 8.83 Å². The Morgan fingerprint density at radius 1 is 0.400 bits per heavy atom. The van der Waals surface area contributed by atoms with Crippen LogP contribution in [0.4, 0.5) is 17.1 Å². The zero-order valence-corrected chi connectivity index (χ0v) is 27.5. The molecule has 0 amide bonds. The average molecular weight is 662 g/mol. The summed E-state index contributed by atoms with van der Waals surface area (Å²) in [5, 5.41) is 0. The molecular weight excluding hydrogens is 635 g/mol. The van der Waals surface area contributed by atoms with Gasteiger partial charge in [-0.05, 0) is 95.1 Å². The summed E-state index contributed by atoms with van der Waals surface area (Å²) >= 11 is 1.73. The topological polar surface area (TPSA) is 55.3 Å². The van der Waals surface area contributed by atoms with E-state index in [2.05, 4.69) is 114 Å². The number of anilines is 3. The van der Waals surface area contributed by atoms with E-state index < -0.39 is 0 Å². The second kappa shape index (κ2) is 11.7. The normalized spacial score (nSPS) is 12.3. The summed E-state index contributed by atoms with van der Waals surface area (Å²) < 4.78 is 12.3. The van der Waals surface area contributed by atoms with E-state index in [4.69, 9.17) is 18.8 Å². The van der Waals surface area contributed by atoms with Crippen molar-refractivity contribution in [2.75, 3.05) is 4.90 Å². The number of rotatable bonds is 5. The first kappa shape index (κ1) is 28.6. The minimum atomic E-state index is 0.606. The highest BCUT2D eigenvalue weighted by Gasteiger charge is 2.27. The Kier molecular flexibility index (Phi) is 6.67. The van der Waals surface area contributed by atoms with Crippen LogP contribution in [0.3, 0.4) is 0 Å². The summed E-state index contributed by atoms with van der Waals surface area (Å²) in [6, 6.07) is 56.7. The summed E-state index contributed by atoms with van der Waals surface area (Å²) in [4.78, 5) is 14.1. The van der Waals surface area contributed by atoms with Crippen LogP contribution in [0.2, 0.25) is 0 Å². The summed E-state index contributed by atoms with van der Waals surface area (Å²) in [6.45, 7) is 0. The molecule has 7 aromatic carbocycles. The van der Waals surface area contributed by atoms with Gasteiger partial charge in [-0.2, -0.15) is 0 Å². The zero-order valence-electron chi connectivity index (χ0n) is 26.7. The summed E-state index contributed by atoms with van der Waals surface area (Å²) in [7, 11) is 0. The van der Waals surface area contributed by atoms with Crippen molar-refractivity contribution in [3.63, 3.8) is 0 Å². The van der Waals surface area contributed by atoms with Gasteiger partial charge in [0.05, 0.1) is 11.4 Å². The number of benzene rings is 7. The fourth-order valence-electron chi connectivity index (χ4n) is 6.63. The number of aromatic nitrogens is 2. The van der Waals surface area contributed by atoms with Crippen LogP contribution in [0.1, 0.15) is 0 Å². The van der Waals surface area contributed by atoms with E-state index in [1.54, 1.807) is 11.8 Å². The first-order valence-electron chi connectivity index (χ1n) is 16.5. The minimum absolute atomic E-state index is 0.606. The molecule has 0 radical (unpaired) electrons. The van der Waals surface area contributed by atoms with Gasteiger partial charge in [0.2, 0.25) is 11.8 Å². The second-order valence-corrected chi connectivity index (χ2v) is 13.3. The quantitative estimate of drug-likeness (QED) is 0.183. The predicted octanol–water partition coefficient (Wildman–Crippen LogP) is 12.6. The predicted molar refractivity (Wildman–Crippen MR) is 202 cm³/mol. The van der Waals surface area contributed by atoms with E-state index in [0.29, 0.717) is 11.8 Å². The third kappa shape index (κ3) is 4.97. The largest absolute Gasteiger partial charge is 0.436 e. The Morgan fingerprint density at radius 3 is 1.32 bits per heavy atom. The first-order chi connectivity index (χ1) is 24.7. The Bertz CT molecular complexity index is 2490. The molecule has 0 fully saturated rings. The maximum atomic E-state index is 6.16. The molecule has 3 heterocycles. The highest BCUT2D eigenvalue weighted by molar-refractivity contribution is 7.99. The Morgan fingerprint density at radius 2 is 0.820 bits per heavy atom. The van der Waals surface area contributed by atoms with Crippen LogP contribution in [-0.4, -0.2) is 9.97 Å². The van der Waals surface area contributed by atoms with Crippen LogP contribution < -0.4 is 4.90 Å². The van der Waals surface area contributed by atoms with Gasteiger partial charge in [0.25, 0.3) is 0 Å². The van der Waals surface area contributed by atoms with E-state index in [1.807, 2.05) is 54.6 Å². The third-order valence-corrected chi connectivity index (χ3v) is 10.2. The lowest BCUT2D eigenvalue weighted by Gasteiger charge is -2.33. The van der Waals surface area contributed by atoms with E-state index in [9.17, 15) is 0 Å². The molecule has 0 N–H and O–H groups in total. The fraction of sp³-hybridized carbons (Fsp3) is 0. The van der Waals surface area contributed by atoms with Crippen molar-refractivity contribution in [1.82, 2.24) is 9.97 Å². The smallest absolute Gasteiger partial charge is 0.227 e. The van der Waals surface area contributed by atoms with Crippen molar-refractivity contribution >= 4 is 51.0 Å². The van der Waals surface area contributed by atoms with Gasteiger partial charge in [-0.3, -0.25) is 0 Å². The molecule has 1 aliphatic heterocycles. The summed E-state index contributed by atoms with van der Waals surface area (Å²) in [5.74, 6) is 1.21. The second-order valence-electron chi connectivity index (χ2n) is 12.3. The lowest BCUT2D eigenvalue weighted by atomic mass is 10.00. The monoisotopic (exact) mass is 661 g/mol. The van der Waals surface area contributed by atoms with Gasteiger partial charge in [0.15, 0.2) is 11.2 Å². The molecule has 50 heavy (non-hydrogen) atoms. The molecule has 5 nitrogen and oxygen atoms in total. The lowest BCUT2D eigenvalue weighted by Crippen LogP contribution is -2.15. The summed E-state index contributed by atoms with van der Waals surface area (Å²) in [5.41, 5.74) is 13.1. The van der Waals surface area contributed by atoms with E-state index in [1.165, 1.54) is 16.7 Å². The van der Waals surface area contributed by atoms with Gasteiger partial charge in [0.1, 0.15) is 11.0 Å². The van der Waals surface area contributed by atoms with Crippen LogP contribution in [0, 0.1) is 0 Å². The molecule has 0 bridgehead atoms. The summed E-state index contributed by atoms with van der Waals surface area (Å²) in [6.07, 6.45) is 0. The molecule has 0 aliphatic carbocycles. The number of hydrogen-bond acceptors (Lipinski definition) is 6. The number of hydrogen-bond donors (Lipinski definition) is 0. The van der Waals surface area contributed by atoms with E-state index >= 15 is 0 Å². The number of nitrogens with zero attached hydrogens (tertiary/aromatic N) is 3. The van der Waals surface area contributed by atoms with Crippen LogP contribution in [0.15, 0.2) is 182 Å². The zero-order chi connectivity index (χ0) is 33.0. The highest BCUT2D eigenvalue weighted by Crippen LogP contribution is 2.53. The first-order valence-corrected chi connectivity index (χ1v) is 17.3. The Labute approximate surface area is 292 Å².